The Hall–Kier alpha value is -3.66. The van der Waals surface area contributed by atoms with Crippen LogP contribution in [0.2, 0.25) is 0 Å². The van der Waals surface area contributed by atoms with E-state index in [4.69, 9.17) is 10.2 Å². The van der Waals surface area contributed by atoms with Gasteiger partial charge in [-0.25, -0.2) is 0 Å². The van der Waals surface area contributed by atoms with Crippen LogP contribution in [0.1, 0.15) is 11.3 Å². The van der Waals surface area contributed by atoms with Crippen LogP contribution in [0, 0.1) is 10.1 Å². The minimum absolute atomic E-state index is 0.0885. The summed E-state index contributed by atoms with van der Waals surface area (Å²) in [4.78, 5) is 23.9. The number of benzene rings is 1. The SMILES string of the molecule is Nc1nc(N2CCN(Cc3ccccc3)CC2)nc(NCc2ccco2)c1[N+](=O)[O-]. The van der Waals surface area contributed by atoms with E-state index in [-0.39, 0.29) is 23.9 Å². The van der Waals surface area contributed by atoms with Gasteiger partial charge in [0.1, 0.15) is 5.76 Å². The standard InChI is InChI=1S/C20H23N7O3/c21-18-17(27(28)29)19(22-13-16-7-4-12-30-16)24-20(23-18)26-10-8-25(9-11-26)14-15-5-2-1-3-6-15/h1-7,12H,8-11,13-14H2,(H3,21,22,23,24). The van der Waals surface area contributed by atoms with E-state index in [0.29, 0.717) is 24.8 Å². The summed E-state index contributed by atoms with van der Waals surface area (Å²) in [6.45, 7) is 4.24. The first kappa shape index (κ1) is 19.6. The molecule has 1 aliphatic rings. The topological polar surface area (TPSA) is 127 Å². The maximum atomic E-state index is 11.5. The molecule has 156 valence electrons. The van der Waals surface area contributed by atoms with E-state index in [2.05, 4.69) is 32.3 Å². The molecular weight excluding hydrogens is 386 g/mol. The first-order chi connectivity index (χ1) is 14.6. The van der Waals surface area contributed by atoms with Crippen LogP contribution < -0.4 is 16.0 Å². The van der Waals surface area contributed by atoms with Crippen molar-refractivity contribution >= 4 is 23.3 Å². The fourth-order valence-electron chi connectivity index (χ4n) is 3.44. The second-order valence-corrected chi connectivity index (χ2v) is 7.04. The van der Waals surface area contributed by atoms with Crippen LogP contribution in [0.25, 0.3) is 0 Å². The van der Waals surface area contributed by atoms with Gasteiger partial charge < -0.3 is 20.4 Å². The van der Waals surface area contributed by atoms with E-state index in [9.17, 15) is 10.1 Å². The molecule has 1 fully saturated rings. The maximum absolute atomic E-state index is 11.5. The van der Waals surface area contributed by atoms with Gasteiger partial charge in [-0.1, -0.05) is 30.3 Å². The van der Waals surface area contributed by atoms with Gasteiger partial charge in [0.25, 0.3) is 0 Å². The van der Waals surface area contributed by atoms with Crippen molar-refractivity contribution in [1.82, 2.24) is 14.9 Å². The summed E-state index contributed by atoms with van der Waals surface area (Å²) >= 11 is 0. The highest BCUT2D eigenvalue weighted by Gasteiger charge is 2.26. The second kappa shape index (κ2) is 8.78. The summed E-state index contributed by atoms with van der Waals surface area (Å²) in [5.41, 5.74) is 6.86. The van der Waals surface area contributed by atoms with Crippen molar-refractivity contribution in [3.05, 3.63) is 70.2 Å². The highest BCUT2D eigenvalue weighted by atomic mass is 16.6. The van der Waals surface area contributed by atoms with E-state index >= 15 is 0 Å². The van der Waals surface area contributed by atoms with Gasteiger partial charge in [-0.3, -0.25) is 15.0 Å². The summed E-state index contributed by atoms with van der Waals surface area (Å²) in [5.74, 6) is 0.959. The Morgan fingerprint density at radius 1 is 1.10 bits per heavy atom. The van der Waals surface area contributed by atoms with Crippen LogP contribution in [-0.4, -0.2) is 46.0 Å². The van der Waals surface area contributed by atoms with Crippen LogP contribution in [-0.2, 0) is 13.1 Å². The van der Waals surface area contributed by atoms with Gasteiger partial charge in [-0.15, -0.1) is 0 Å². The lowest BCUT2D eigenvalue weighted by Crippen LogP contribution is -2.46. The number of anilines is 3. The van der Waals surface area contributed by atoms with Crippen LogP contribution in [0.3, 0.4) is 0 Å². The molecule has 3 N–H and O–H groups in total. The van der Waals surface area contributed by atoms with Crippen molar-refractivity contribution in [2.45, 2.75) is 13.1 Å². The molecule has 4 rings (SSSR count). The molecule has 10 nitrogen and oxygen atoms in total. The van der Waals surface area contributed by atoms with Crippen LogP contribution in [0.5, 0.6) is 0 Å². The number of hydrogen-bond acceptors (Lipinski definition) is 9. The molecule has 0 amide bonds. The van der Waals surface area contributed by atoms with E-state index in [1.165, 1.54) is 5.56 Å². The zero-order valence-corrected chi connectivity index (χ0v) is 16.4. The minimum atomic E-state index is -0.568. The fourth-order valence-corrected chi connectivity index (χ4v) is 3.44. The lowest BCUT2D eigenvalue weighted by molar-refractivity contribution is -0.383. The predicted molar refractivity (Wildman–Crippen MR) is 113 cm³/mol. The maximum Gasteiger partial charge on any atom is 0.353 e. The molecule has 0 unspecified atom stereocenters. The molecule has 10 heteroatoms. The number of hydrogen-bond donors (Lipinski definition) is 2. The summed E-state index contributed by atoms with van der Waals surface area (Å²) in [6, 6.07) is 13.8. The fraction of sp³-hybridized carbons (Fsp3) is 0.300. The van der Waals surface area contributed by atoms with Gasteiger partial charge in [0.15, 0.2) is 0 Å². The summed E-state index contributed by atoms with van der Waals surface area (Å²) < 4.78 is 5.27. The lowest BCUT2D eigenvalue weighted by atomic mass is 10.2. The molecule has 0 saturated carbocycles. The number of nitrogens with one attached hydrogen (secondary N) is 1. The molecule has 0 aliphatic carbocycles. The molecule has 0 spiro atoms. The minimum Gasteiger partial charge on any atom is -0.467 e. The zero-order valence-electron chi connectivity index (χ0n) is 16.4. The zero-order chi connectivity index (χ0) is 20.9. The van der Waals surface area contributed by atoms with Gasteiger partial charge in [0.2, 0.25) is 17.6 Å². The van der Waals surface area contributed by atoms with E-state index in [1.807, 2.05) is 23.1 Å². The molecule has 3 aromatic rings. The average Bonchev–Trinajstić information content (AvgIpc) is 3.26. The number of piperazine rings is 1. The van der Waals surface area contributed by atoms with Gasteiger partial charge >= 0.3 is 5.69 Å². The molecule has 30 heavy (non-hydrogen) atoms. The number of nitrogen functional groups attached to an aromatic ring is 1. The third kappa shape index (κ3) is 4.49. The Morgan fingerprint density at radius 2 is 1.87 bits per heavy atom. The monoisotopic (exact) mass is 409 g/mol. The Bertz CT molecular complexity index is 987. The molecule has 1 aliphatic heterocycles. The molecule has 0 bridgehead atoms. The van der Waals surface area contributed by atoms with Crippen LogP contribution in [0.15, 0.2) is 53.1 Å². The highest BCUT2D eigenvalue weighted by molar-refractivity contribution is 5.70. The Balaban J connectivity index is 1.46. The Morgan fingerprint density at radius 3 is 2.53 bits per heavy atom. The summed E-state index contributed by atoms with van der Waals surface area (Å²) in [6.07, 6.45) is 1.54. The molecule has 3 heterocycles. The van der Waals surface area contributed by atoms with Gasteiger partial charge in [0, 0.05) is 32.7 Å². The first-order valence-corrected chi connectivity index (χ1v) is 9.69. The summed E-state index contributed by atoms with van der Waals surface area (Å²) in [5, 5.41) is 14.4. The molecule has 1 aromatic carbocycles. The number of furan rings is 1. The number of rotatable bonds is 7. The Labute approximate surface area is 173 Å². The van der Waals surface area contributed by atoms with Gasteiger partial charge in [-0.05, 0) is 17.7 Å². The Kier molecular flexibility index (Phi) is 5.75. The number of nitro groups is 1. The largest absolute Gasteiger partial charge is 0.467 e. The molecule has 0 radical (unpaired) electrons. The van der Waals surface area contributed by atoms with Gasteiger partial charge in [-0.2, -0.15) is 9.97 Å². The number of aromatic nitrogens is 2. The first-order valence-electron chi connectivity index (χ1n) is 9.69. The smallest absolute Gasteiger partial charge is 0.353 e. The van der Waals surface area contributed by atoms with Crippen molar-refractivity contribution in [3.63, 3.8) is 0 Å². The van der Waals surface area contributed by atoms with E-state index in [1.54, 1.807) is 18.4 Å². The second-order valence-electron chi connectivity index (χ2n) is 7.04. The summed E-state index contributed by atoms with van der Waals surface area (Å²) in [7, 11) is 0. The van der Waals surface area contributed by atoms with Crippen molar-refractivity contribution < 1.29 is 9.34 Å². The third-order valence-corrected chi connectivity index (χ3v) is 5.00. The number of nitrogens with zero attached hydrogens (tertiary/aromatic N) is 5. The van der Waals surface area contributed by atoms with Crippen LogP contribution in [0.4, 0.5) is 23.3 Å². The predicted octanol–water partition coefficient (Wildman–Crippen LogP) is 2.49. The quantitative estimate of drug-likeness (QED) is 0.447. The average molecular weight is 409 g/mol. The van der Waals surface area contributed by atoms with E-state index in [0.717, 1.165) is 19.6 Å². The van der Waals surface area contributed by atoms with Crippen molar-refractivity contribution in [3.8, 4) is 0 Å². The number of nitrogens with two attached hydrogens (primary N) is 1. The molecule has 2 aromatic heterocycles. The lowest BCUT2D eigenvalue weighted by Gasteiger charge is -2.34. The molecular formula is C20H23N7O3. The highest BCUT2D eigenvalue weighted by Crippen LogP contribution is 2.30. The molecule has 0 atom stereocenters. The normalized spacial score (nSPS) is 14.6. The van der Waals surface area contributed by atoms with Crippen molar-refractivity contribution in [1.29, 1.82) is 0 Å². The van der Waals surface area contributed by atoms with E-state index < -0.39 is 4.92 Å². The van der Waals surface area contributed by atoms with Crippen LogP contribution >= 0.6 is 0 Å². The van der Waals surface area contributed by atoms with Gasteiger partial charge in [0.05, 0.1) is 17.7 Å². The van der Waals surface area contributed by atoms with Crippen molar-refractivity contribution in [2.75, 3.05) is 42.1 Å². The molecule has 1 saturated heterocycles. The third-order valence-electron chi connectivity index (χ3n) is 5.00. The van der Waals surface area contributed by atoms with Crippen molar-refractivity contribution in [2.24, 2.45) is 0 Å².